The van der Waals surface area contributed by atoms with Crippen LogP contribution in [0.25, 0.3) is 0 Å². The summed E-state index contributed by atoms with van der Waals surface area (Å²) in [4.78, 5) is 3.70. The van der Waals surface area contributed by atoms with Crippen molar-refractivity contribution < 1.29 is 0 Å². The maximum Gasteiger partial charge on any atom is 0.0273 e. The quantitative estimate of drug-likeness (QED) is 0.746. The van der Waals surface area contributed by atoms with Crippen molar-refractivity contribution in [2.24, 2.45) is 0 Å². The van der Waals surface area contributed by atoms with Crippen LogP contribution in [0.3, 0.4) is 0 Å². The van der Waals surface area contributed by atoms with E-state index in [1.807, 2.05) is 13.8 Å². The van der Waals surface area contributed by atoms with E-state index in [1.54, 1.807) is 0 Å². The van der Waals surface area contributed by atoms with Crippen molar-refractivity contribution in [3.63, 3.8) is 0 Å². The normalized spacial score (nSPS) is 26.1. The van der Waals surface area contributed by atoms with E-state index in [-0.39, 0.29) is 0 Å². The number of hydrogen-bond donors (Lipinski definition) is 1. The van der Waals surface area contributed by atoms with Gasteiger partial charge in [0.15, 0.2) is 0 Å². The van der Waals surface area contributed by atoms with Crippen molar-refractivity contribution in [2.45, 2.75) is 51.6 Å². The van der Waals surface area contributed by atoms with E-state index < -0.39 is 0 Å². The van der Waals surface area contributed by atoms with E-state index in [0.29, 0.717) is 6.04 Å². The Bertz CT molecular complexity index is 202. The lowest BCUT2D eigenvalue weighted by molar-refractivity contribution is 0.149. The molecule has 0 aromatic carbocycles. The molecule has 1 aliphatic carbocycles. The Balaban J connectivity index is 0.000000531. The van der Waals surface area contributed by atoms with Gasteiger partial charge in [-0.25, -0.2) is 0 Å². The highest BCUT2D eigenvalue weighted by atomic mass is 32.1. The summed E-state index contributed by atoms with van der Waals surface area (Å²) >= 11 is 5.18. The number of thiocarbonyl (C=S) groups is 1. The molecule has 1 aliphatic heterocycles. The molecule has 3 heteroatoms. The Morgan fingerprint density at radius 3 is 2.47 bits per heavy atom. The predicted octanol–water partition coefficient (Wildman–Crippen LogP) is 2.23. The number of hydrogen-bond acceptors (Lipinski definition) is 3. The fraction of sp³-hybridized carbons (Fsp3) is 0.917. The van der Waals surface area contributed by atoms with Gasteiger partial charge in [0.05, 0.1) is 0 Å². The lowest BCUT2D eigenvalue weighted by Gasteiger charge is -2.36. The highest BCUT2D eigenvalue weighted by molar-refractivity contribution is 7.80. The summed E-state index contributed by atoms with van der Waals surface area (Å²) < 4.78 is 0. The number of likely N-dealkylation sites (N-methyl/N-ethyl adjacent to an activating group) is 1. The Labute approximate surface area is 99.4 Å². The minimum atomic E-state index is 0.623. The average molecular weight is 228 g/mol. The lowest BCUT2D eigenvalue weighted by atomic mass is 9.91. The monoisotopic (exact) mass is 228 g/mol. The fourth-order valence-electron chi connectivity index (χ4n) is 2.13. The molecule has 88 valence electrons. The van der Waals surface area contributed by atoms with E-state index in [2.05, 4.69) is 17.3 Å². The molecule has 0 aromatic heterocycles. The smallest absolute Gasteiger partial charge is 0.0273 e. The summed E-state index contributed by atoms with van der Waals surface area (Å²) in [7, 11) is 2.24. The molecule has 15 heavy (non-hydrogen) atoms. The van der Waals surface area contributed by atoms with Crippen LogP contribution in [0.15, 0.2) is 0 Å². The molecule has 2 aliphatic rings. The van der Waals surface area contributed by atoms with Crippen LogP contribution >= 0.6 is 12.2 Å². The third-order valence-electron chi connectivity index (χ3n) is 3.27. The van der Waals surface area contributed by atoms with Gasteiger partial charge in [-0.15, -0.1) is 0 Å². The second-order valence-corrected chi connectivity index (χ2v) is 4.92. The molecular formula is C12H24N2S. The van der Waals surface area contributed by atoms with Gasteiger partial charge in [-0.1, -0.05) is 32.5 Å². The molecule has 1 atom stereocenters. The van der Waals surface area contributed by atoms with Gasteiger partial charge in [-0.2, -0.15) is 0 Å². The zero-order valence-electron chi connectivity index (χ0n) is 10.3. The molecule has 0 amide bonds. The van der Waals surface area contributed by atoms with Crippen LogP contribution in [0.5, 0.6) is 0 Å². The van der Waals surface area contributed by atoms with Crippen molar-refractivity contribution in [2.75, 3.05) is 20.1 Å². The third kappa shape index (κ3) is 3.82. The average Bonchev–Trinajstić information content (AvgIpc) is 2.51. The van der Waals surface area contributed by atoms with Gasteiger partial charge in [0, 0.05) is 30.0 Å². The number of rotatable bonds is 3. The topological polar surface area (TPSA) is 15.3 Å². The van der Waals surface area contributed by atoms with Crippen LogP contribution in [-0.4, -0.2) is 42.0 Å². The van der Waals surface area contributed by atoms with Crippen LogP contribution in [-0.2, 0) is 0 Å². The van der Waals surface area contributed by atoms with Gasteiger partial charge in [-0.3, -0.25) is 0 Å². The second kappa shape index (κ2) is 6.56. The van der Waals surface area contributed by atoms with E-state index in [1.165, 1.54) is 30.7 Å². The van der Waals surface area contributed by atoms with Crippen molar-refractivity contribution in [3.8, 4) is 0 Å². The predicted molar refractivity (Wildman–Crippen MR) is 70.6 cm³/mol. The molecule has 1 unspecified atom stereocenters. The van der Waals surface area contributed by atoms with Crippen molar-refractivity contribution in [1.82, 2.24) is 10.2 Å². The SMILES string of the molecule is CC.CN(CC1CC(=S)CN1)C1CCC1. The molecule has 0 bridgehead atoms. The van der Waals surface area contributed by atoms with Gasteiger partial charge >= 0.3 is 0 Å². The first-order valence-corrected chi connectivity index (χ1v) is 6.62. The third-order valence-corrected chi connectivity index (χ3v) is 3.58. The first kappa shape index (κ1) is 13.1. The molecule has 0 radical (unpaired) electrons. The first-order valence-electron chi connectivity index (χ1n) is 6.21. The van der Waals surface area contributed by atoms with E-state index >= 15 is 0 Å². The standard InChI is InChI=1S/C10H18N2S.C2H6/c1-12(9-3-2-4-9)7-8-5-10(13)6-11-8;1-2/h8-9,11H,2-7H2,1H3;1-2H3. The summed E-state index contributed by atoms with van der Waals surface area (Å²) in [5.41, 5.74) is 0. The summed E-state index contributed by atoms with van der Waals surface area (Å²) in [5, 5.41) is 3.46. The molecule has 2 nitrogen and oxygen atoms in total. The minimum Gasteiger partial charge on any atom is -0.308 e. The zero-order chi connectivity index (χ0) is 11.3. The Morgan fingerprint density at radius 2 is 2.07 bits per heavy atom. The molecule has 1 N–H and O–H groups in total. The maximum atomic E-state index is 5.18. The van der Waals surface area contributed by atoms with Crippen LogP contribution in [0.2, 0.25) is 0 Å². The van der Waals surface area contributed by atoms with Gasteiger partial charge in [0.1, 0.15) is 0 Å². The fourth-order valence-corrected chi connectivity index (χ4v) is 2.42. The molecule has 2 fully saturated rings. The number of nitrogens with zero attached hydrogens (tertiary/aromatic N) is 1. The Kier molecular flexibility index (Phi) is 5.72. The molecule has 1 saturated carbocycles. The van der Waals surface area contributed by atoms with E-state index in [4.69, 9.17) is 12.2 Å². The van der Waals surface area contributed by atoms with E-state index in [0.717, 1.165) is 19.0 Å². The second-order valence-electron chi connectivity index (χ2n) is 4.34. The van der Waals surface area contributed by atoms with Crippen molar-refractivity contribution in [3.05, 3.63) is 0 Å². The minimum absolute atomic E-state index is 0.623. The maximum absolute atomic E-state index is 5.18. The highest BCUT2D eigenvalue weighted by Gasteiger charge is 2.26. The van der Waals surface area contributed by atoms with Crippen LogP contribution in [0.4, 0.5) is 0 Å². The van der Waals surface area contributed by atoms with Gasteiger partial charge in [0.2, 0.25) is 0 Å². The van der Waals surface area contributed by atoms with Crippen molar-refractivity contribution in [1.29, 1.82) is 0 Å². The zero-order valence-corrected chi connectivity index (χ0v) is 11.1. The Morgan fingerprint density at radius 1 is 1.40 bits per heavy atom. The highest BCUT2D eigenvalue weighted by Crippen LogP contribution is 2.24. The first-order chi connectivity index (χ1) is 7.25. The molecule has 1 saturated heterocycles. The van der Waals surface area contributed by atoms with Crippen LogP contribution in [0.1, 0.15) is 39.5 Å². The number of nitrogens with one attached hydrogen (secondary N) is 1. The Hall–Kier alpha value is 0.01000. The lowest BCUT2D eigenvalue weighted by Crippen LogP contribution is -2.43. The summed E-state index contributed by atoms with van der Waals surface area (Å²) in [6.07, 6.45) is 5.32. The summed E-state index contributed by atoms with van der Waals surface area (Å²) in [6, 6.07) is 1.48. The summed E-state index contributed by atoms with van der Waals surface area (Å²) in [6.45, 7) is 6.13. The largest absolute Gasteiger partial charge is 0.308 e. The van der Waals surface area contributed by atoms with Crippen molar-refractivity contribution >= 4 is 17.1 Å². The molecule has 0 spiro atoms. The molecule has 1 heterocycles. The summed E-state index contributed by atoms with van der Waals surface area (Å²) in [5.74, 6) is 0. The van der Waals surface area contributed by atoms with Gasteiger partial charge < -0.3 is 10.2 Å². The van der Waals surface area contributed by atoms with Crippen LogP contribution in [0, 0.1) is 0 Å². The van der Waals surface area contributed by atoms with Gasteiger partial charge in [-0.05, 0) is 26.3 Å². The molecule has 0 aromatic rings. The van der Waals surface area contributed by atoms with Gasteiger partial charge in [0.25, 0.3) is 0 Å². The molecule has 2 rings (SSSR count). The molecular weight excluding hydrogens is 204 g/mol. The van der Waals surface area contributed by atoms with Crippen LogP contribution < -0.4 is 5.32 Å². The van der Waals surface area contributed by atoms with E-state index in [9.17, 15) is 0 Å².